The van der Waals surface area contributed by atoms with Crippen LogP contribution < -0.4 is 0 Å². The van der Waals surface area contributed by atoms with E-state index in [1.807, 2.05) is 0 Å². The van der Waals surface area contributed by atoms with Crippen molar-refractivity contribution in [2.24, 2.45) is 0 Å². The molecule has 0 aromatic rings. The molecule has 38 heavy (non-hydrogen) atoms. The molecule has 0 aromatic carbocycles. The molecule has 0 saturated heterocycles. The standard InChI is InChI=1S/C31H64O7/c1-30(2)38-31(29-37-28-27-36-26-25-35-24-23-34-22-21-33)19-17-15-13-11-9-7-5-3-4-6-8-10-12-14-16-18-20-32/h30-33H,3-29H2,1-2H3. The van der Waals surface area contributed by atoms with Crippen molar-refractivity contribution in [3.05, 3.63) is 0 Å². The Kier molecular flexibility index (Phi) is 32.7. The fraction of sp³-hybridized carbons (Fsp3) is 1.00. The molecule has 0 aliphatic heterocycles. The second-order valence-electron chi connectivity index (χ2n) is 10.6. The third-order valence-corrected chi connectivity index (χ3v) is 6.55. The molecule has 1 atom stereocenters. The molecule has 0 fully saturated rings. The van der Waals surface area contributed by atoms with Crippen LogP contribution in [-0.4, -0.2) is 88.5 Å². The summed E-state index contributed by atoms with van der Waals surface area (Å²) >= 11 is 0. The lowest BCUT2D eigenvalue weighted by Crippen LogP contribution is -2.24. The minimum absolute atomic E-state index is 0.0437. The van der Waals surface area contributed by atoms with Crippen LogP contribution in [0.3, 0.4) is 0 Å². The Hall–Kier alpha value is -0.280. The van der Waals surface area contributed by atoms with Gasteiger partial charge in [0.2, 0.25) is 0 Å². The highest BCUT2D eigenvalue weighted by Gasteiger charge is 2.11. The first-order chi connectivity index (χ1) is 18.7. The van der Waals surface area contributed by atoms with Crippen molar-refractivity contribution in [3.8, 4) is 0 Å². The minimum atomic E-state index is 0.0437. The Morgan fingerprint density at radius 2 is 0.789 bits per heavy atom. The van der Waals surface area contributed by atoms with Gasteiger partial charge in [-0.1, -0.05) is 96.3 Å². The highest BCUT2D eigenvalue weighted by Crippen LogP contribution is 2.15. The zero-order valence-electron chi connectivity index (χ0n) is 25.2. The molecule has 0 radical (unpaired) electrons. The zero-order chi connectivity index (χ0) is 27.8. The molecule has 2 N–H and O–H groups in total. The van der Waals surface area contributed by atoms with Gasteiger partial charge in [-0.05, 0) is 26.7 Å². The molecule has 0 aliphatic rings. The third kappa shape index (κ3) is 31.9. The van der Waals surface area contributed by atoms with E-state index in [2.05, 4.69) is 13.8 Å². The maximum Gasteiger partial charge on any atom is 0.0812 e. The summed E-state index contributed by atoms with van der Waals surface area (Å²) in [5.74, 6) is 0. The van der Waals surface area contributed by atoms with Gasteiger partial charge in [0.1, 0.15) is 0 Å². The number of aliphatic hydroxyl groups excluding tert-OH is 2. The van der Waals surface area contributed by atoms with E-state index in [0.29, 0.717) is 59.5 Å². The van der Waals surface area contributed by atoms with E-state index >= 15 is 0 Å². The van der Waals surface area contributed by atoms with Gasteiger partial charge >= 0.3 is 0 Å². The molecule has 7 nitrogen and oxygen atoms in total. The van der Waals surface area contributed by atoms with Crippen LogP contribution in [0.5, 0.6) is 0 Å². The summed E-state index contributed by atoms with van der Waals surface area (Å²) in [6, 6.07) is 0. The molecule has 0 heterocycles. The van der Waals surface area contributed by atoms with Gasteiger partial charge in [0.15, 0.2) is 0 Å². The number of rotatable bonds is 33. The molecule has 7 heteroatoms. The summed E-state index contributed by atoms with van der Waals surface area (Å²) in [4.78, 5) is 0. The molecule has 0 aliphatic carbocycles. The Balaban J connectivity index is 3.46. The van der Waals surface area contributed by atoms with Crippen molar-refractivity contribution in [2.45, 2.75) is 135 Å². The summed E-state index contributed by atoms with van der Waals surface area (Å²) in [7, 11) is 0. The molecule has 0 amide bonds. The first-order valence-corrected chi connectivity index (χ1v) is 15.9. The molecule has 0 spiro atoms. The molecule has 0 saturated carbocycles. The SMILES string of the molecule is CC(C)OC(CCCCCCCCCCCCCCCCCCO)COCCOCCOCCOCCO. The molecule has 0 bridgehead atoms. The fourth-order valence-electron chi connectivity index (χ4n) is 4.47. The van der Waals surface area contributed by atoms with Crippen molar-refractivity contribution in [1.29, 1.82) is 0 Å². The summed E-state index contributed by atoms with van der Waals surface area (Å²) < 4.78 is 27.9. The number of hydrogen-bond donors (Lipinski definition) is 2. The smallest absolute Gasteiger partial charge is 0.0812 e. The fourth-order valence-corrected chi connectivity index (χ4v) is 4.47. The monoisotopic (exact) mass is 548 g/mol. The van der Waals surface area contributed by atoms with Crippen molar-refractivity contribution in [2.75, 3.05) is 66.1 Å². The predicted molar refractivity (Wildman–Crippen MR) is 156 cm³/mol. The van der Waals surface area contributed by atoms with E-state index < -0.39 is 0 Å². The third-order valence-electron chi connectivity index (χ3n) is 6.55. The van der Waals surface area contributed by atoms with E-state index in [0.717, 1.165) is 12.8 Å². The van der Waals surface area contributed by atoms with Gasteiger partial charge in [-0.2, -0.15) is 0 Å². The van der Waals surface area contributed by atoms with Gasteiger partial charge in [-0.15, -0.1) is 0 Å². The van der Waals surface area contributed by atoms with E-state index in [1.54, 1.807) is 0 Å². The molecule has 230 valence electrons. The lowest BCUT2D eigenvalue weighted by molar-refractivity contribution is -0.0605. The van der Waals surface area contributed by atoms with Gasteiger partial charge < -0.3 is 33.9 Å². The van der Waals surface area contributed by atoms with E-state index in [9.17, 15) is 0 Å². The van der Waals surface area contributed by atoms with Gasteiger partial charge in [-0.25, -0.2) is 0 Å². The average molecular weight is 549 g/mol. The number of hydrogen-bond acceptors (Lipinski definition) is 7. The number of aliphatic hydroxyl groups is 2. The van der Waals surface area contributed by atoms with Crippen molar-refractivity contribution < 1.29 is 33.9 Å². The zero-order valence-corrected chi connectivity index (χ0v) is 25.2. The molecule has 0 rings (SSSR count). The average Bonchev–Trinajstić information content (AvgIpc) is 2.90. The second kappa shape index (κ2) is 32.9. The van der Waals surface area contributed by atoms with Crippen LogP contribution in [0, 0.1) is 0 Å². The number of ether oxygens (including phenoxy) is 5. The Bertz CT molecular complexity index is 423. The summed E-state index contributed by atoms with van der Waals surface area (Å²) in [5.41, 5.74) is 0. The van der Waals surface area contributed by atoms with Gasteiger partial charge in [0.05, 0.1) is 71.7 Å². The maximum absolute atomic E-state index is 8.79. The molecule has 1 unspecified atom stereocenters. The largest absolute Gasteiger partial charge is 0.396 e. The maximum atomic E-state index is 8.79. The first kappa shape index (κ1) is 37.7. The summed E-state index contributed by atoms with van der Waals surface area (Å²) in [6.45, 7) is 8.78. The van der Waals surface area contributed by atoms with E-state index in [4.69, 9.17) is 33.9 Å². The van der Waals surface area contributed by atoms with Crippen molar-refractivity contribution in [3.63, 3.8) is 0 Å². The van der Waals surface area contributed by atoms with Crippen LogP contribution in [0.4, 0.5) is 0 Å². The quantitative estimate of drug-likeness (QED) is 0.0910. The summed E-state index contributed by atoms with van der Waals surface area (Å²) in [5, 5.41) is 17.4. The molecule has 0 aromatic heterocycles. The minimum Gasteiger partial charge on any atom is -0.396 e. The van der Waals surface area contributed by atoms with E-state index in [1.165, 1.54) is 96.3 Å². The van der Waals surface area contributed by atoms with Gasteiger partial charge in [-0.3, -0.25) is 0 Å². The molecular weight excluding hydrogens is 484 g/mol. The highest BCUT2D eigenvalue weighted by atomic mass is 16.6. The lowest BCUT2D eigenvalue weighted by Gasteiger charge is -2.20. The van der Waals surface area contributed by atoms with Crippen LogP contribution >= 0.6 is 0 Å². The highest BCUT2D eigenvalue weighted by molar-refractivity contribution is 4.60. The Morgan fingerprint density at radius 1 is 0.421 bits per heavy atom. The number of unbranched alkanes of at least 4 members (excludes halogenated alkanes) is 15. The van der Waals surface area contributed by atoms with Crippen LogP contribution in [0.2, 0.25) is 0 Å². The Labute approximate surface area is 235 Å². The van der Waals surface area contributed by atoms with Gasteiger partial charge in [0.25, 0.3) is 0 Å². The van der Waals surface area contributed by atoms with Crippen LogP contribution in [0.1, 0.15) is 123 Å². The topological polar surface area (TPSA) is 86.6 Å². The van der Waals surface area contributed by atoms with Gasteiger partial charge in [0, 0.05) is 6.61 Å². The molecular formula is C31H64O7. The Morgan fingerprint density at radius 3 is 1.18 bits per heavy atom. The van der Waals surface area contributed by atoms with Crippen LogP contribution in [0.25, 0.3) is 0 Å². The van der Waals surface area contributed by atoms with Crippen LogP contribution in [-0.2, 0) is 23.7 Å². The van der Waals surface area contributed by atoms with Crippen LogP contribution in [0.15, 0.2) is 0 Å². The lowest BCUT2D eigenvalue weighted by atomic mass is 10.0. The van der Waals surface area contributed by atoms with Crippen molar-refractivity contribution >= 4 is 0 Å². The second-order valence-corrected chi connectivity index (χ2v) is 10.6. The normalized spacial score (nSPS) is 12.6. The first-order valence-electron chi connectivity index (χ1n) is 15.9. The predicted octanol–water partition coefficient (Wildman–Crippen LogP) is 6.46. The summed E-state index contributed by atoms with van der Waals surface area (Å²) in [6.07, 6.45) is 22.5. The van der Waals surface area contributed by atoms with E-state index in [-0.39, 0.29) is 18.8 Å². The van der Waals surface area contributed by atoms with Crippen molar-refractivity contribution in [1.82, 2.24) is 0 Å².